The van der Waals surface area contributed by atoms with Gasteiger partial charge in [0.05, 0.1) is 6.54 Å². The zero-order valence-corrected chi connectivity index (χ0v) is 18.9. The Labute approximate surface area is 189 Å². The van der Waals surface area contributed by atoms with Gasteiger partial charge in [-0.3, -0.25) is 9.13 Å². The van der Waals surface area contributed by atoms with Gasteiger partial charge in [-0.05, 0) is 36.5 Å². The van der Waals surface area contributed by atoms with E-state index in [-0.39, 0.29) is 5.69 Å². The van der Waals surface area contributed by atoms with Crippen LogP contribution < -0.4 is 10.4 Å². The lowest BCUT2D eigenvalue weighted by Crippen LogP contribution is -2.25. The standard InChI is InChI=1S/C26H32N2O4/c1-3-5-9-17-27-19-22(10-6-4-2)28(25(27)29)18-20-13-15-21(16-14-20)23-11-7-8-12-24(23)32-26(30)31/h7-8,11-16,19H,3-6,9-10,17-18H2,1-2H3,(H,30,31). The van der Waals surface area contributed by atoms with Crippen molar-refractivity contribution in [2.45, 2.75) is 65.5 Å². The first-order valence-corrected chi connectivity index (χ1v) is 11.4. The molecule has 0 radical (unpaired) electrons. The van der Waals surface area contributed by atoms with Gasteiger partial charge in [-0.1, -0.05) is 75.6 Å². The second kappa shape index (κ2) is 11.4. The second-order valence-electron chi connectivity index (χ2n) is 8.05. The highest BCUT2D eigenvalue weighted by atomic mass is 16.7. The minimum Gasteiger partial charge on any atom is -0.449 e. The summed E-state index contributed by atoms with van der Waals surface area (Å²) in [6, 6.07) is 14.9. The molecule has 0 unspecified atom stereocenters. The van der Waals surface area contributed by atoms with E-state index in [4.69, 9.17) is 9.84 Å². The van der Waals surface area contributed by atoms with Crippen molar-refractivity contribution in [3.8, 4) is 16.9 Å². The number of hydrogen-bond donors (Lipinski definition) is 1. The first kappa shape index (κ1) is 23.4. The van der Waals surface area contributed by atoms with Crippen LogP contribution >= 0.6 is 0 Å². The van der Waals surface area contributed by atoms with E-state index >= 15 is 0 Å². The fourth-order valence-electron chi connectivity index (χ4n) is 3.86. The predicted octanol–water partition coefficient (Wildman–Crippen LogP) is 5.95. The van der Waals surface area contributed by atoms with Crippen LogP contribution in [-0.2, 0) is 19.5 Å². The molecule has 2 aromatic carbocycles. The highest BCUT2D eigenvalue weighted by molar-refractivity contribution is 5.74. The first-order chi connectivity index (χ1) is 15.5. The number of ether oxygens (including phenoxy) is 1. The van der Waals surface area contributed by atoms with Crippen LogP contribution in [0.4, 0.5) is 4.79 Å². The van der Waals surface area contributed by atoms with E-state index in [1.165, 1.54) is 0 Å². The number of carboxylic acid groups (broad SMARTS) is 1. The highest BCUT2D eigenvalue weighted by Crippen LogP contribution is 2.30. The summed E-state index contributed by atoms with van der Waals surface area (Å²) in [5, 5.41) is 8.97. The summed E-state index contributed by atoms with van der Waals surface area (Å²) >= 11 is 0. The van der Waals surface area contributed by atoms with Crippen LogP contribution in [0.5, 0.6) is 5.75 Å². The average Bonchev–Trinajstić information content (AvgIpc) is 3.07. The predicted molar refractivity (Wildman–Crippen MR) is 126 cm³/mol. The van der Waals surface area contributed by atoms with Crippen LogP contribution in [0.1, 0.15) is 57.2 Å². The smallest absolute Gasteiger partial charge is 0.449 e. The Hall–Kier alpha value is -3.28. The van der Waals surface area contributed by atoms with Gasteiger partial charge >= 0.3 is 11.8 Å². The molecule has 0 atom stereocenters. The number of aryl methyl sites for hydroxylation is 2. The third kappa shape index (κ3) is 5.90. The van der Waals surface area contributed by atoms with Crippen molar-refractivity contribution in [2.24, 2.45) is 0 Å². The van der Waals surface area contributed by atoms with Crippen LogP contribution in [0.3, 0.4) is 0 Å². The van der Waals surface area contributed by atoms with Gasteiger partial charge in [-0.2, -0.15) is 0 Å². The minimum atomic E-state index is -1.34. The quantitative estimate of drug-likeness (QED) is 0.229. The van der Waals surface area contributed by atoms with Gasteiger partial charge in [0.1, 0.15) is 5.75 Å². The maximum Gasteiger partial charge on any atom is 0.511 e. The number of aromatic nitrogens is 2. The highest BCUT2D eigenvalue weighted by Gasteiger charge is 2.13. The molecule has 3 aromatic rings. The Bertz CT molecular complexity index is 1080. The Morgan fingerprint density at radius 1 is 0.969 bits per heavy atom. The lowest BCUT2D eigenvalue weighted by atomic mass is 10.0. The van der Waals surface area contributed by atoms with E-state index in [2.05, 4.69) is 13.8 Å². The molecule has 0 amide bonds. The minimum absolute atomic E-state index is 0.0523. The molecule has 6 nitrogen and oxygen atoms in total. The number of unbranched alkanes of at least 4 members (excludes halogenated alkanes) is 3. The molecule has 1 aromatic heterocycles. The molecular weight excluding hydrogens is 404 g/mol. The Balaban J connectivity index is 1.83. The molecule has 32 heavy (non-hydrogen) atoms. The molecule has 0 saturated heterocycles. The van der Waals surface area contributed by atoms with Crippen LogP contribution in [0.25, 0.3) is 11.1 Å². The summed E-state index contributed by atoms with van der Waals surface area (Å²) in [6.07, 6.45) is 6.99. The van der Waals surface area contributed by atoms with Gasteiger partial charge in [-0.25, -0.2) is 9.59 Å². The molecule has 0 fully saturated rings. The van der Waals surface area contributed by atoms with E-state index in [9.17, 15) is 9.59 Å². The maximum absolute atomic E-state index is 13.0. The molecule has 170 valence electrons. The molecule has 0 aliphatic rings. The molecule has 6 heteroatoms. The molecule has 0 aliphatic heterocycles. The number of carbonyl (C=O) groups is 1. The summed E-state index contributed by atoms with van der Waals surface area (Å²) in [5.74, 6) is 0.301. The van der Waals surface area contributed by atoms with Gasteiger partial charge < -0.3 is 9.84 Å². The third-order valence-electron chi connectivity index (χ3n) is 5.61. The van der Waals surface area contributed by atoms with E-state index in [1.54, 1.807) is 12.1 Å². The third-order valence-corrected chi connectivity index (χ3v) is 5.61. The summed E-state index contributed by atoms with van der Waals surface area (Å²) in [5.41, 5.74) is 3.73. The zero-order valence-electron chi connectivity index (χ0n) is 18.9. The van der Waals surface area contributed by atoms with Crippen molar-refractivity contribution >= 4 is 6.16 Å². The summed E-state index contributed by atoms with van der Waals surface area (Å²) in [7, 11) is 0. The Morgan fingerprint density at radius 3 is 2.38 bits per heavy atom. The molecule has 0 aliphatic carbocycles. The van der Waals surface area contributed by atoms with Crippen molar-refractivity contribution in [3.63, 3.8) is 0 Å². The molecule has 0 saturated carbocycles. The fraction of sp³-hybridized carbons (Fsp3) is 0.385. The van der Waals surface area contributed by atoms with Gasteiger partial charge in [0.15, 0.2) is 0 Å². The lowest BCUT2D eigenvalue weighted by Gasteiger charge is -2.10. The number of hydrogen-bond acceptors (Lipinski definition) is 3. The Morgan fingerprint density at radius 2 is 1.69 bits per heavy atom. The number of nitrogens with zero attached hydrogens (tertiary/aromatic N) is 2. The van der Waals surface area contributed by atoms with Crippen LogP contribution in [0, 0.1) is 0 Å². The van der Waals surface area contributed by atoms with Gasteiger partial charge in [-0.15, -0.1) is 0 Å². The fourth-order valence-corrected chi connectivity index (χ4v) is 3.86. The Kier molecular flexibility index (Phi) is 8.31. The number of benzene rings is 2. The van der Waals surface area contributed by atoms with Crippen molar-refractivity contribution in [2.75, 3.05) is 0 Å². The molecule has 1 heterocycles. The van der Waals surface area contributed by atoms with Crippen molar-refractivity contribution in [1.82, 2.24) is 9.13 Å². The second-order valence-corrected chi connectivity index (χ2v) is 8.05. The van der Waals surface area contributed by atoms with Crippen LogP contribution in [-0.4, -0.2) is 20.4 Å². The summed E-state index contributed by atoms with van der Waals surface area (Å²) < 4.78 is 8.65. The zero-order chi connectivity index (χ0) is 22.9. The SMILES string of the molecule is CCCCCn1cc(CCCC)n(Cc2ccc(-c3ccccc3OC(=O)O)cc2)c1=O. The van der Waals surface area contributed by atoms with Crippen molar-refractivity contribution < 1.29 is 14.6 Å². The summed E-state index contributed by atoms with van der Waals surface area (Å²) in [6.45, 7) is 5.60. The molecule has 1 N–H and O–H groups in total. The topological polar surface area (TPSA) is 73.5 Å². The van der Waals surface area contributed by atoms with Gasteiger partial charge in [0.25, 0.3) is 0 Å². The van der Waals surface area contributed by atoms with Crippen LogP contribution in [0.2, 0.25) is 0 Å². The van der Waals surface area contributed by atoms with Crippen molar-refractivity contribution in [1.29, 1.82) is 0 Å². The number of imidazole rings is 1. The van der Waals surface area contributed by atoms with Crippen LogP contribution in [0.15, 0.2) is 59.5 Å². The van der Waals surface area contributed by atoms with E-state index < -0.39 is 6.16 Å². The maximum atomic E-state index is 13.0. The van der Waals surface area contributed by atoms with Gasteiger partial charge in [0, 0.05) is 24.0 Å². The first-order valence-electron chi connectivity index (χ1n) is 11.4. The van der Waals surface area contributed by atoms with E-state index in [0.29, 0.717) is 17.9 Å². The molecule has 0 spiro atoms. The van der Waals surface area contributed by atoms with Gasteiger partial charge in [0.2, 0.25) is 0 Å². The number of rotatable bonds is 11. The normalized spacial score (nSPS) is 10.9. The van der Waals surface area contributed by atoms with E-state index in [0.717, 1.165) is 61.9 Å². The molecule has 3 rings (SSSR count). The monoisotopic (exact) mass is 436 g/mol. The largest absolute Gasteiger partial charge is 0.511 e. The van der Waals surface area contributed by atoms with E-state index in [1.807, 2.05) is 51.7 Å². The molecular formula is C26H32N2O4. The van der Waals surface area contributed by atoms with Crippen molar-refractivity contribution in [3.05, 3.63) is 76.5 Å². The lowest BCUT2D eigenvalue weighted by molar-refractivity contribution is 0.144. The number of para-hydroxylation sites is 1. The molecule has 0 bridgehead atoms. The summed E-state index contributed by atoms with van der Waals surface area (Å²) in [4.78, 5) is 24.0. The average molecular weight is 437 g/mol.